The summed E-state index contributed by atoms with van der Waals surface area (Å²) in [6.45, 7) is 8.45. The van der Waals surface area contributed by atoms with Crippen LogP contribution in [0.25, 0.3) is 0 Å². The first-order chi connectivity index (χ1) is 11.7. The topological polar surface area (TPSA) is 75.2 Å². The quantitative estimate of drug-likeness (QED) is 0.889. The highest BCUT2D eigenvalue weighted by atomic mass is 32.1. The maximum Gasteiger partial charge on any atom is 0.266 e. The summed E-state index contributed by atoms with van der Waals surface area (Å²) in [6.07, 6.45) is 5.04. The van der Waals surface area contributed by atoms with E-state index in [0.29, 0.717) is 11.4 Å². The normalized spacial score (nSPS) is 11.2. The van der Waals surface area contributed by atoms with E-state index in [1.165, 1.54) is 16.2 Å². The van der Waals surface area contributed by atoms with Crippen molar-refractivity contribution in [2.75, 3.05) is 13.6 Å². The molecular weight excluding hydrogens is 336 g/mol. The van der Waals surface area contributed by atoms with E-state index in [1.807, 2.05) is 13.0 Å². The van der Waals surface area contributed by atoms with Crippen LogP contribution in [0.5, 0.6) is 0 Å². The van der Waals surface area contributed by atoms with Crippen LogP contribution in [0.1, 0.15) is 46.6 Å². The Kier molecular flexibility index (Phi) is 5.89. The van der Waals surface area contributed by atoms with E-state index in [1.54, 1.807) is 25.6 Å². The van der Waals surface area contributed by atoms with Gasteiger partial charge in [0.25, 0.3) is 5.91 Å². The van der Waals surface area contributed by atoms with Crippen LogP contribution in [-0.4, -0.2) is 40.3 Å². The molecule has 0 fully saturated rings. The van der Waals surface area contributed by atoms with Crippen LogP contribution in [0, 0.1) is 6.92 Å². The Bertz CT molecular complexity index is 764. The van der Waals surface area contributed by atoms with Gasteiger partial charge in [-0.25, -0.2) is 4.98 Å². The van der Waals surface area contributed by atoms with Crippen molar-refractivity contribution >= 4 is 23.2 Å². The van der Waals surface area contributed by atoms with Gasteiger partial charge in [0.1, 0.15) is 11.4 Å². The number of amides is 2. The zero-order valence-corrected chi connectivity index (χ0v) is 16.1. The van der Waals surface area contributed by atoms with Crippen LogP contribution in [0.15, 0.2) is 24.7 Å². The number of hydrogen-bond donors (Lipinski definition) is 1. The SMILES string of the molecule is CNC(=O)CN(Cc1cnccc1C)C(=O)c1cnc(C(C)(C)C)s1. The van der Waals surface area contributed by atoms with Gasteiger partial charge >= 0.3 is 0 Å². The zero-order chi connectivity index (χ0) is 18.6. The summed E-state index contributed by atoms with van der Waals surface area (Å²) in [7, 11) is 1.56. The van der Waals surface area contributed by atoms with Gasteiger partial charge in [0.05, 0.1) is 11.2 Å². The predicted octanol–water partition coefficient (Wildman–Crippen LogP) is 2.53. The molecule has 2 heterocycles. The van der Waals surface area contributed by atoms with Gasteiger partial charge in [-0.15, -0.1) is 11.3 Å². The summed E-state index contributed by atoms with van der Waals surface area (Å²) in [5.41, 5.74) is 1.83. The third-order valence-corrected chi connectivity index (χ3v) is 5.18. The second-order valence-corrected chi connectivity index (χ2v) is 7.95. The van der Waals surface area contributed by atoms with Crippen molar-refractivity contribution in [3.05, 3.63) is 45.7 Å². The number of pyridine rings is 1. The van der Waals surface area contributed by atoms with Crippen molar-refractivity contribution in [2.24, 2.45) is 0 Å². The second-order valence-electron chi connectivity index (χ2n) is 6.92. The molecular formula is C18H24N4O2S. The summed E-state index contributed by atoms with van der Waals surface area (Å²) in [5, 5.41) is 3.47. The van der Waals surface area contributed by atoms with E-state index < -0.39 is 0 Å². The lowest BCUT2D eigenvalue weighted by Gasteiger charge is -2.22. The first kappa shape index (κ1) is 19.1. The smallest absolute Gasteiger partial charge is 0.266 e. The summed E-state index contributed by atoms with van der Waals surface area (Å²) in [4.78, 5) is 35.4. The number of likely N-dealkylation sites (N-methyl/N-ethyl adjacent to an activating group) is 1. The molecule has 2 rings (SSSR count). The van der Waals surface area contributed by atoms with E-state index in [4.69, 9.17) is 0 Å². The van der Waals surface area contributed by atoms with Crippen molar-refractivity contribution in [2.45, 2.75) is 39.7 Å². The predicted molar refractivity (Wildman–Crippen MR) is 98.6 cm³/mol. The summed E-state index contributed by atoms with van der Waals surface area (Å²) in [5.74, 6) is -0.407. The summed E-state index contributed by atoms with van der Waals surface area (Å²) >= 11 is 1.38. The fourth-order valence-electron chi connectivity index (χ4n) is 2.20. The number of rotatable bonds is 5. The molecule has 0 aliphatic heterocycles. The van der Waals surface area contributed by atoms with Gasteiger partial charge in [-0.3, -0.25) is 14.6 Å². The molecule has 25 heavy (non-hydrogen) atoms. The maximum absolute atomic E-state index is 12.9. The van der Waals surface area contributed by atoms with Crippen molar-refractivity contribution in [3.63, 3.8) is 0 Å². The molecule has 0 radical (unpaired) electrons. The highest BCUT2D eigenvalue weighted by Crippen LogP contribution is 2.27. The third kappa shape index (κ3) is 4.85. The van der Waals surface area contributed by atoms with Crippen LogP contribution < -0.4 is 5.32 Å². The Hall–Kier alpha value is -2.28. The first-order valence-electron chi connectivity index (χ1n) is 8.08. The Morgan fingerprint density at radius 1 is 1.28 bits per heavy atom. The average Bonchev–Trinajstić information content (AvgIpc) is 3.05. The minimum Gasteiger partial charge on any atom is -0.358 e. The minimum absolute atomic E-state index is 0.00752. The summed E-state index contributed by atoms with van der Waals surface area (Å²) in [6, 6.07) is 1.89. The van der Waals surface area contributed by atoms with E-state index in [9.17, 15) is 9.59 Å². The lowest BCUT2D eigenvalue weighted by atomic mass is 9.98. The lowest BCUT2D eigenvalue weighted by Crippen LogP contribution is -2.39. The van der Waals surface area contributed by atoms with Crippen LogP contribution in [-0.2, 0) is 16.8 Å². The van der Waals surface area contributed by atoms with Crippen LogP contribution in [0.4, 0.5) is 0 Å². The molecule has 0 spiro atoms. The molecule has 6 nitrogen and oxygen atoms in total. The molecule has 0 aliphatic rings. The molecule has 134 valence electrons. The molecule has 2 aromatic heterocycles. The molecule has 0 saturated carbocycles. The van der Waals surface area contributed by atoms with E-state index in [0.717, 1.165) is 16.1 Å². The number of thiazole rings is 1. The number of aryl methyl sites for hydroxylation is 1. The minimum atomic E-state index is -0.213. The second kappa shape index (κ2) is 7.74. The largest absolute Gasteiger partial charge is 0.358 e. The number of carbonyl (C=O) groups excluding carboxylic acids is 2. The number of hydrogen-bond acceptors (Lipinski definition) is 5. The Balaban J connectivity index is 2.28. The Morgan fingerprint density at radius 2 is 2.00 bits per heavy atom. The molecule has 0 saturated heterocycles. The standard InChI is InChI=1S/C18H24N4O2S/c1-12-6-7-20-8-13(12)10-22(11-15(23)19-5)16(24)14-9-21-17(25-14)18(2,3)4/h6-9H,10-11H2,1-5H3,(H,19,23). The van der Waals surface area contributed by atoms with Crippen LogP contribution >= 0.6 is 11.3 Å². The number of nitrogens with zero attached hydrogens (tertiary/aromatic N) is 3. The van der Waals surface area contributed by atoms with E-state index >= 15 is 0 Å². The average molecular weight is 360 g/mol. The van der Waals surface area contributed by atoms with E-state index in [2.05, 4.69) is 36.1 Å². The van der Waals surface area contributed by atoms with E-state index in [-0.39, 0.29) is 23.8 Å². The van der Waals surface area contributed by atoms with Gasteiger partial charge in [-0.1, -0.05) is 20.8 Å². The monoisotopic (exact) mass is 360 g/mol. The molecule has 0 bridgehead atoms. The zero-order valence-electron chi connectivity index (χ0n) is 15.3. The lowest BCUT2D eigenvalue weighted by molar-refractivity contribution is -0.121. The molecule has 7 heteroatoms. The third-order valence-electron chi connectivity index (χ3n) is 3.77. The fourth-order valence-corrected chi connectivity index (χ4v) is 3.14. The number of aromatic nitrogens is 2. The Morgan fingerprint density at radius 3 is 2.56 bits per heavy atom. The Labute approximate surface area is 152 Å². The van der Waals surface area contributed by atoms with Crippen LogP contribution in [0.2, 0.25) is 0 Å². The van der Waals surface area contributed by atoms with Crippen molar-refractivity contribution in [3.8, 4) is 0 Å². The van der Waals surface area contributed by atoms with Gasteiger partial charge < -0.3 is 10.2 Å². The van der Waals surface area contributed by atoms with Gasteiger partial charge in [0, 0.05) is 31.4 Å². The van der Waals surface area contributed by atoms with Crippen molar-refractivity contribution < 1.29 is 9.59 Å². The molecule has 2 amide bonds. The van der Waals surface area contributed by atoms with Gasteiger partial charge in [-0.05, 0) is 24.1 Å². The van der Waals surface area contributed by atoms with Crippen LogP contribution in [0.3, 0.4) is 0 Å². The van der Waals surface area contributed by atoms with Gasteiger partial charge in [-0.2, -0.15) is 0 Å². The molecule has 0 aliphatic carbocycles. The van der Waals surface area contributed by atoms with Gasteiger partial charge in [0.2, 0.25) is 5.91 Å². The fraction of sp³-hybridized carbons (Fsp3) is 0.444. The molecule has 0 atom stereocenters. The number of nitrogens with one attached hydrogen (secondary N) is 1. The molecule has 2 aromatic rings. The van der Waals surface area contributed by atoms with Gasteiger partial charge in [0.15, 0.2) is 0 Å². The molecule has 0 unspecified atom stereocenters. The van der Waals surface area contributed by atoms with Crippen molar-refractivity contribution in [1.82, 2.24) is 20.2 Å². The number of carbonyl (C=O) groups is 2. The summed E-state index contributed by atoms with van der Waals surface area (Å²) < 4.78 is 0. The highest BCUT2D eigenvalue weighted by molar-refractivity contribution is 7.13. The molecule has 0 aromatic carbocycles. The van der Waals surface area contributed by atoms with Crippen molar-refractivity contribution in [1.29, 1.82) is 0 Å². The first-order valence-corrected chi connectivity index (χ1v) is 8.89. The maximum atomic E-state index is 12.9. The highest BCUT2D eigenvalue weighted by Gasteiger charge is 2.24. The molecule has 1 N–H and O–H groups in total.